The van der Waals surface area contributed by atoms with Gasteiger partial charge in [-0.2, -0.15) is 4.98 Å². The largest absolute Gasteiger partial charge is 0.481 e. The van der Waals surface area contributed by atoms with Crippen LogP contribution in [0.15, 0.2) is 66.9 Å². The molecule has 0 unspecified atom stereocenters. The van der Waals surface area contributed by atoms with Crippen molar-refractivity contribution < 1.29 is 14.6 Å². The van der Waals surface area contributed by atoms with Crippen molar-refractivity contribution in [3.8, 4) is 28.4 Å². The first-order valence-electron chi connectivity index (χ1n) is 9.56. The molecule has 0 aliphatic carbocycles. The van der Waals surface area contributed by atoms with E-state index in [2.05, 4.69) is 9.97 Å². The standard InChI is InChI=1S/C23H24N2O3/c26-21(27)15-9-1-2-10-16-28-23-24-17-20(18-11-5-3-6-12-18)22(25-23)19-13-7-4-8-14-19/h3-8,11-14,17H,1-2,9-10,15-16H2,(H,26,27). The molecule has 0 atom stereocenters. The number of ether oxygens (including phenoxy) is 1. The van der Waals surface area contributed by atoms with E-state index in [0.29, 0.717) is 19.0 Å². The molecule has 0 fully saturated rings. The molecule has 3 rings (SSSR count). The molecular weight excluding hydrogens is 352 g/mol. The molecule has 0 saturated heterocycles. The van der Waals surface area contributed by atoms with E-state index in [1.54, 1.807) is 0 Å². The Bertz CT molecular complexity index is 883. The third-order valence-corrected chi connectivity index (χ3v) is 4.41. The van der Waals surface area contributed by atoms with Crippen LogP contribution in [-0.4, -0.2) is 27.7 Å². The number of carbonyl (C=O) groups is 1. The summed E-state index contributed by atoms with van der Waals surface area (Å²) in [6, 6.07) is 20.5. The summed E-state index contributed by atoms with van der Waals surface area (Å²) in [5.74, 6) is -0.739. The van der Waals surface area contributed by atoms with E-state index in [-0.39, 0.29) is 6.42 Å². The van der Waals surface area contributed by atoms with E-state index >= 15 is 0 Å². The summed E-state index contributed by atoms with van der Waals surface area (Å²) >= 11 is 0. The maximum Gasteiger partial charge on any atom is 0.316 e. The number of aromatic nitrogens is 2. The summed E-state index contributed by atoms with van der Waals surface area (Å²) < 4.78 is 5.75. The highest BCUT2D eigenvalue weighted by Gasteiger charge is 2.12. The van der Waals surface area contributed by atoms with Gasteiger partial charge >= 0.3 is 12.0 Å². The molecule has 5 heteroatoms. The van der Waals surface area contributed by atoms with E-state index in [4.69, 9.17) is 9.84 Å². The molecule has 1 aromatic heterocycles. The topological polar surface area (TPSA) is 72.3 Å². The first-order chi connectivity index (χ1) is 13.7. The lowest BCUT2D eigenvalue weighted by atomic mass is 10.0. The van der Waals surface area contributed by atoms with Gasteiger partial charge in [-0.05, 0) is 18.4 Å². The van der Waals surface area contributed by atoms with Crippen molar-refractivity contribution in [1.29, 1.82) is 0 Å². The van der Waals surface area contributed by atoms with Gasteiger partial charge in [0.15, 0.2) is 0 Å². The van der Waals surface area contributed by atoms with Crippen LogP contribution < -0.4 is 4.74 Å². The minimum Gasteiger partial charge on any atom is -0.481 e. The van der Waals surface area contributed by atoms with E-state index in [9.17, 15) is 4.79 Å². The molecule has 0 radical (unpaired) electrons. The van der Waals surface area contributed by atoms with Crippen molar-refractivity contribution in [2.75, 3.05) is 6.61 Å². The van der Waals surface area contributed by atoms with Crippen molar-refractivity contribution in [1.82, 2.24) is 9.97 Å². The second-order valence-electron chi connectivity index (χ2n) is 6.55. The first kappa shape index (κ1) is 19.5. The molecule has 144 valence electrons. The van der Waals surface area contributed by atoms with Crippen molar-refractivity contribution in [3.63, 3.8) is 0 Å². The van der Waals surface area contributed by atoms with Crippen molar-refractivity contribution in [3.05, 3.63) is 66.9 Å². The third-order valence-electron chi connectivity index (χ3n) is 4.41. The predicted molar refractivity (Wildman–Crippen MR) is 109 cm³/mol. The molecule has 0 spiro atoms. The highest BCUT2D eigenvalue weighted by molar-refractivity contribution is 5.80. The van der Waals surface area contributed by atoms with E-state index in [0.717, 1.165) is 41.6 Å². The number of carboxylic acid groups (broad SMARTS) is 1. The Morgan fingerprint density at radius 2 is 1.50 bits per heavy atom. The zero-order chi connectivity index (χ0) is 19.6. The van der Waals surface area contributed by atoms with Crippen LogP contribution in [0.5, 0.6) is 6.01 Å². The molecule has 28 heavy (non-hydrogen) atoms. The third kappa shape index (κ3) is 5.64. The van der Waals surface area contributed by atoms with Gasteiger partial charge in [-0.25, -0.2) is 4.98 Å². The van der Waals surface area contributed by atoms with Gasteiger partial charge in [-0.3, -0.25) is 4.79 Å². The average Bonchev–Trinajstić information content (AvgIpc) is 2.74. The number of unbranched alkanes of at least 4 members (excludes halogenated alkanes) is 3. The lowest BCUT2D eigenvalue weighted by Gasteiger charge is -2.11. The van der Waals surface area contributed by atoms with Gasteiger partial charge in [0.2, 0.25) is 0 Å². The van der Waals surface area contributed by atoms with Gasteiger partial charge in [-0.1, -0.05) is 73.5 Å². The number of aliphatic carboxylic acids is 1. The number of benzene rings is 2. The van der Waals surface area contributed by atoms with E-state index in [1.807, 2.05) is 66.9 Å². The van der Waals surface area contributed by atoms with Gasteiger partial charge in [0.05, 0.1) is 12.3 Å². The van der Waals surface area contributed by atoms with Crippen molar-refractivity contribution in [2.45, 2.75) is 32.1 Å². The number of hydrogen-bond donors (Lipinski definition) is 1. The van der Waals surface area contributed by atoms with Crippen LogP contribution in [0, 0.1) is 0 Å². The molecule has 0 saturated carbocycles. The molecule has 1 N–H and O–H groups in total. The Balaban J connectivity index is 1.68. The van der Waals surface area contributed by atoms with E-state index < -0.39 is 5.97 Å². The maximum atomic E-state index is 10.5. The van der Waals surface area contributed by atoms with Crippen LogP contribution in [0.3, 0.4) is 0 Å². The zero-order valence-electron chi connectivity index (χ0n) is 15.8. The molecular formula is C23H24N2O3. The SMILES string of the molecule is O=C(O)CCCCCCOc1ncc(-c2ccccc2)c(-c2ccccc2)n1. The number of carboxylic acids is 1. The van der Waals surface area contributed by atoms with Gasteiger partial charge in [0.1, 0.15) is 0 Å². The fourth-order valence-corrected chi connectivity index (χ4v) is 2.98. The highest BCUT2D eigenvalue weighted by Crippen LogP contribution is 2.30. The monoisotopic (exact) mass is 376 g/mol. The highest BCUT2D eigenvalue weighted by atomic mass is 16.5. The lowest BCUT2D eigenvalue weighted by molar-refractivity contribution is -0.137. The van der Waals surface area contributed by atoms with Crippen LogP contribution >= 0.6 is 0 Å². The first-order valence-corrected chi connectivity index (χ1v) is 9.56. The summed E-state index contributed by atoms with van der Waals surface area (Å²) in [5, 5.41) is 8.65. The van der Waals surface area contributed by atoms with Crippen molar-refractivity contribution >= 4 is 5.97 Å². The second-order valence-corrected chi connectivity index (χ2v) is 6.55. The molecule has 0 amide bonds. The smallest absolute Gasteiger partial charge is 0.316 e. The molecule has 3 aromatic rings. The normalized spacial score (nSPS) is 10.6. The zero-order valence-corrected chi connectivity index (χ0v) is 15.8. The fourth-order valence-electron chi connectivity index (χ4n) is 2.98. The minimum atomic E-state index is -0.739. The summed E-state index contributed by atoms with van der Waals surface area (Å²) in [4.78, 5) is 19.6. The Kier molecular flexibility index (Phi) is 7.13. The Labute approximate surface area is 165 Å². The fraction of sp³-hybridized carbons (Fsp3) is 0.261. The summed E-state index contributed by atoms with van der Waals surface area (Å²) in [6.45, 7) is 0.520. The summed E-state index contributed by atoms with van der Waals surface area (Å²) in [7, 11) is 0. The van der Waals surface area contributed by atoms with E-state index in [1.165, 1.54) is 0 Å². The van der Waals surface area contributed by atoms with Crippen LogP contribution in [-0.2, 0) is 4.79 Å². The number of nitrogens with zero attached hydrogens (tertiary/aromatic N) is 2. The van der Waals surface area contributed by atoms with Crippen LogP contribution in [0.2, 0.25) is 0 Å². The molecule has 0 bridgehead atoms. The van der Waals surface area contributed by atoms with Crippen LogP contribution in [0.25, 0.3) is 22.4 Å². The summed E-state index contributed by atoms with van der Waals surface area (Å²) in [6.07, 6.45) is 5.41. The Morgan fingerprint density at radius 3 is 2.18 bits per heavy atom. The molecule has 1 heterocycles. The lowest BCUT2D eigenvalue weighted by Crippen LogP contribution is -2.03. The van der Waals surface area contributed by atoms with Crippen LogP contribution in [0.4, 0.5) is 0 Å². The van der Waals surface area contributed by atoms with Gasteiger partial charge in [0.25, 0.3) is 0 Å². The predicted octanol–water partition coefficient (Wildman–Crippen LogP) is 5.22. The molecule has 5 nitrogen and oxygen atoms in total. The maximum absolute atomic E-state index is 10.5. The Hall–Kier alpha value is -3.21. The van der Waals surface area contributed by atoms with Gasteiger partial charge in [0, 0.05) is 23.7 Å². The summed E-state index contributed by atoms with van der Waals surface area (Å²) in [5.41, 5.74) is 3.89. The van der Waals surface area contributed by atoms with Crippen LogP contribution in [0.1, 0.15) is 32.1 Å². The quantitative estimate of drug-likeness (QED) is 0.491. The average molecular weight is 376 g/mol. The molecule has 0 aliphatic heterocycles. The van der Waals surface area contributed by atoms with Crippen molar-refractivity contribution in [2.24, 2.45) is 0 Å². The number of hydrogen-bond acceptors (Lipinski definition) is 4. The van der Waals surface area contributed by atoms with Gasteiger partial charge in [-0.15, -0.1) is 0 Å². The second kappa shape index (κ2) is 10.2. The number of rotatable bonds is 10. The Morgan fingerprint density at radius 1 is 0.857 bits per heavy atom. The molecule has 2 aromatic carbocycles. The molecule has 0 aliphatic rings. The minimum absolute atomic E-state index is 0.228. The van der Waals surface area contributed by atoms with Gasteiger partial charge < -0.3 is 9.84 Å².